The molecule has 0 fully saturated rings. The largest absolute Gasteiger partial charge is 0.347 e. The number of fused-ring (bicyclic) bond motifs is 1. The highest BCUT2D eigenvalue weighted by Gasteiger charge is 2.21. The number of nitrogen functional groups attached to an aromatic ring is 1. The maximum Gasteiger partial charge on any atom is 0.152 e. The molecule has 3 rings (SSSR count). The van der Waals surface area contributed by atoms with Gasteiger partial charge in [-0.05, 0) is 13.8 Å². The first-order valence-corrected chi connectivity index (χ1v) is 6.12. The molecule has 1 aliphatic heterocycles. The molecular weight excluding hydrogens is 244 g/mol. The minimum atomic E-state index is 0.662. The summed E-state index contributed by atoms with van der Waals surface area (Å²) in [5.41, 5.74) is 3.56. The fraction of sp³-hybridized carbons (Fsp3) is 0.455. The van der Waals surface area contributed by atoms with Gasteiger partial charge >= 0.3 is 0 Å². The van der Waals surface area contributed by atoms with E-state index >= 15 is 0 Å². The summed E-state index contributed by atoms with van der Waals surface area (Å²) in [6.07, 6.45) is 1.76. The third-order valence-electron chi connectivity index (χ3n) is 3.31. The number of nitrogens with two attached hydrogens (primary N) is 1. The molecule has 2 aromatic rings. The quantitative estimate of drug-likeness (QED) is 0.579. The molecule has 0 bridgehead atoms. The number of nitrogens with zero attached hydrogens (tertiary/aromatic N) is 6. The van der Waals surface area contributed by atoms with Crippen molar-refractivity contribution in [3.8, 4) is 0 Å². The molecule has 8 heteroatoms. The average Bonchev–Trinajstić information content (AvgIpc) is 2.88. The number of aryl methyl sites for hydroxylation is 1. The first-order valence-electron chi connectivity index (χ1n) is 6.12. The number of hydrazine groups is 1. The van der Waals surface area contributed by atoms with E-state index in [4.69, 9.17) is 5.84 Å². The summed E-state index contributed by atoms with van der Waals surface area (Å²) in [5.74, 6) is 8.70. The predicted octanol–water partition coefficient (Wildman–Crippen LogP) is -0.00926. The molecular formula is C11H16N8. The summed E-state index contributed by atoms with van der Waals surface area (Å²) in [7, 11) is 0. The van der Waals surface area contributed by atoms with Crippen molar-refractivity contribution < 1.29 is 0 Å². The summed E-state index contributed by atoms with van der Waals surface area (Å²) in [5, 5.41) is 8.04. The zero-order valence-electron chi connectivity index (χ0n) is 11.0. The van der Waals surface area contributed by atoms with Crippen LogP contribution in [-0.4, -0.2) is 31.3 Å². The molecule has 1 aliphatic rings. The van der Waals surface area contributed by atoms with Crippen LogP contribution in [0.3, 0.4) is 0 Å². The van der Waals surface area contributed by atoms with E-state index in [0.717, 1.165) is 30.3 Å². The maximum atomic E-state index is 5.49. The molecule has 0 atom stereocenters. The van der Waals surface area contributed by atoms with Crippen LogP contribution in [0, 0.1) is 13.8 Å². The molecule has 2 aromatic heterocycles. The van der Waals surface area contributed by atoms with Crippen molar-refractivity contribution in [2.75, 3.05) is 16.9 Å². The van der Waals surface area contributed by atoms with Gasteiger partial charge in [-0.2, -0.15) is 0 Å². The van der Waals surface area contributed by atoms with Crippen LogP contribution >= 0.6 is 0 Å². The van der Waals surface area contributed by atoms with Gasteiger partial charge in [-0.15, -0.1) is 10.2 Å². The minimum absolute atomic E-state index is 0.662. The summed E-state index contributed by atoms with van der Waals surface area (Å²) >= 11 is 0. The maximum absolute atomic E-state index is 5.49. The van der Waals surface area contributed by atoms with Crippen molar-refractivity contribution >= 4 is 11.6 Å². The van der Waals surface area contributed by atoms with Crippen molar-refractivity contribution in [1.82, 2.24) is 24.7 Å². The van der Waals surface area contributed by atoms with Crippen LogP contribution < -0.4 is 16.2 Å². The zero-order valence-corrected chi connectivity index (χ0v) is 11.0. The summed E-state index contributed by atoms with van der Waals surface area (Å²) < 4.78 is 2.06. The number of anilines is 2. The molecule has 3 N–H and O–H groups in total. The molecule has 19 heavy (non-hydrogen) atoms. The van der Waals surface area contributed by atoms with Gasteiger partial charge in [0.2, 0.25) is 0 Å². The summed E-state index contributed by atoms with van der Waals surface area (Å²) in [4.78, 5) is 11.0. The van der Waals surface area contributed by atoms with Gasteiger partial charge in [-0.3, -0.25) is 0 Å². The van der Waals surface area contributed by atoms with E-state index in [1.165, 1.54) is 0 Å². The van der Waals surface area contributed by atoms with Crippen LogP contribution in [0.2, 0.25) is 0 Å². The topological polar surface area (TPSA) is 97.8 Å². The van der Waals surface area contributed by atoms with E-state index in [-0.39, 0.29) is 0 Å². The number of aromatic nitrogens is 5. The Morgan fingerprint density at radius 1 is 1.26 bits per heavy atom. The number of hydrogen-bond acceptors (Lipinski definition) is 7. The van der Waals surface area contributed by atoms with E-state index in [2.05, 4.69) is 35.1 Å². The number of nitrogens with one attached hydrogen (secondary N) is 1. The summed E-state index contributed by atoms with van der Waals surface area (Å²) in [6, 6.07) is 0. The molecule has 0 radical (unpaired) electrons. The third-order valence-corrected chi connectivity index (χ3v) is 3.31. The van der Waals surface area contributed by atoms with Gasteiger partial charge in [0.15, 0.2) is 5.82 Å². The highest BCUT2D eigenvalue weighted by Crippen LogP contribution is 2.25. The Labute approximate surface area is 110 Å². The second-order valence-electron chi connectivity index (χ2n) is 4.57. The van der Waals surface area contributed by atoms with E-state index in [1.807, 2.05) is 13.8 Å². The second kappa shape index (κ2) is 4.47. The van der Waals surface area contributed by atoms with Crippen molar-refractivity contribution in [2.45, 2.75) is 26.9 Å². The van der Waals surface area contributed by atoms with Gasteiger partial charge in [0, 0.05) is 18.7 Å². The lowest BCUT2D eigenvalue weighted by Gasteiger charge is -2.29. The second-order valence-corrected chi connectivity index (χ2v) is 4.57. The van der Waals surface area contributed by atoms with Crippen molar-refractivity contribution in [3.63, 3.8) is 0 Å². The van der Waals surface area contributed by atoms with Crippen molar-refractivity contribution in [1.29, 1.82) is 0 Å². The molecule has 0 aromatic carbocycles. The van der Waals surface area contributed by atoms with E-state index in [1.54, 1.807) is 6.33 Å². The van der Waals surface area contributed by atoms with E-state index in [0.29, 0.717) is 18.2 Å². The average molecular weight is 260 g/mol. The Hall–Kier alpha value is -2.22. The molecule has 0 unspecified atom stereocenters. The van der Waals surface area contributed by atoms with Gasteiger partial charge in [0.25, 0.3) is 0 Å². The molecule has 3 heterocycles. The van der Waals surface area contributed by atoms with Crippen LogP contribution in [0.15, 0.2) is 6.33 Å². The Balaban J connectivity index is 1.97. The number of hydrogen-bond donors (Lipinski definition) is 2. The van der Waals surface area contributed by atoms with Crippen LogP contribution in [0.5, 0.6) is 0 Å². The normalized spacial score (nSPS) is 14.4. The van der Waals surface area contributed by atoms with Gasteiger partial charge in [0.1, 0.15) is 23.8 Å². The molecule has 0 aliphatic carbocycles. The first-order chi connectivity index (χ1) is 9.19. The van der Waals surface area contributed by atoms with E-state index in [9.17, 15) is 0 Å². The Kier molecular flexibility index (Phi) is 2.79. The predicted molar refractivity (Wildman–Crippen MR) is 70.4 cm³/mol. The van der Waals surface area contributed by atoms with Crippen LogP contribution in [0.1, 0.15) is 17.2 Å². The molecule has 100 valence electrons. The Morgan fingerprint density at radius 2 is 2.11 bits per heavy atom. The molecule has 8 nitrogen and oxygen atoms in total. The highest BCUT2D eigenvalue weighted by atomic mass is 15.3. The van der Waals surface area contributed by atoms with Gasteiger partial charge < -0.3 is 14.9 Å². The Morgan fingerprint density at radius 3 is 2.89 bits per heavy atom. The summed E-state index contributed by atoms with van der Waals surface area (Å²) in [6.45, 7) is 6.24. The smallest absolute Gasteiger partial charge is 0.152 e. The lowest BCUT2D eigenvalue weighted by atomic mass is 10.2. The van der Waals surface area contributed by atoms with Crippen LogP contribution in [-0.2, 0) is 13.1 Å². The molecule has 0 saturated carbocycles. The van der Waals surface area contributed by atoms with Gasteiger partial charge in [-0.25, -0.2) is 15.8 Å². The van der Waals surface area contributed by atoms with Gasteiger partial charge in [-0.1, -0.05) is 0 Å². The van der Waals surface area contributed by atoms with E-state index < -0.39 is 0 Å². The Bertz CT molecular complexity index is 605. The first kappa shape index (κ1) is 11.8. The monoisotopic (exact) mass is 260 g/mol. The SMILES string of the molecule is Cc1nc(NN)c(C)c(N2CCn3cnnc3C2)n1. The fourth-order valence-corrected chi connectivity index (χ4v) is 2.31. The standard InChI is InChI=1S/C11H16N8/c1-7-10(16-12)14-8(2)15-11(7)18-3-4-19-6-13-17-9(19)5-18/h6H,3-5,12H2,1-2H3,(H,14,15,16). The van der Waals surface area contributed by atoms with Crippen LogP contribution in [0.4, 0.5) is 11.6 Å². The number of rotatable bonds is 2. The molecule has 0 spiro atoms. The molecule has 0 saturated heterocycles. The van der Waals surface area contributed by atoms with Gasteiger partial charge in [0.05, 0.1) is 6.54 Å². The lowest BCUT2D eigenvalue weighted by Crippen LogP contribution is -2.35. The molecule has 0 amide bonds. The highest BCUT2D eigenvalue weighted by molar-refractivity contribution is 5.58. The lowest BCUT2D eigenvalue weighted by molar-refractivity contribution is 0.554. The van der Waals surface area contributed by atoms with Crippen LogP contribution in [0.25, 0.3) is 0 Å². The minimum Gasteiger partial charge on any atom is -0.347 e. The third kappa shape index (κ3) is 1.99. The zero-order chi connectivity index (χ0) is 13.4. The van der Waals surface area contributed by atoms with Crippen molar-refractivity contribution in [3.05, 3.63) is 23.5 Å². The van der Waals surface area contributed by atoms with Crippen molar-refractivity contribution in [2.24, 2.45) is 5.84 Å². The fourth-order valence-electron chi connectivity index (χ4n) is 2.31.